The first kappa shape index (κ1) is 20.2. The van der Waals surface area contributed by atoms with E-state index in [4.69, 9.17) is 14.2 Å². The van der Waals surface area contributed by atoms with Gasteiger partial charge < -0.3 is 19.5 Å². The van der Waals surface area contributed by atoms with Crippen molar-refractivity contribution in [3.05, 3.63) is 53.8 Å². The summed E-state index contributed by atoms with van der Waals surface area (Å²) in [5, 5.41) is 2.59. The summed E-state index contributed by atoms with van der Waals surface area (Å²) in [6.07, 6.45) is 0. The second-order valence-corrected chi connectivity index (χ2v) is 6.20. The molecule has 27 heavy (non-hydrogen) atoms. The van der Waals surface area contributed by atoms with Crippen LogP contribution < -0.4 is 14.8 Å². The summed E-state index contributed by atoms with van der Waals surface area (Å²) in [6.45, 7) is 3.94. The fraction of sp³-hybridized carbons (Fsp3) is 0.300. The zero-order valence-corrected chi connectivity index (χ0v) is 15.5. The Bertz CT molecular complexity index is 789. The van der Waals surface area contributed by atoms with Gasteiger partial charge in [0.25, 0.3) is 5.91 Å². The second-order valence-electron chi connectivity index (χ2n) is 6.20. The lowest BCUT2D eigenvalue weighted by atomic mass is 10.2. The Balaban J connectivity index is 1.96. The Morgan fingerprint density at radius 1 is 1.07 bits per heavy atom. The first-order valence-corrected chi connectivity index (χ1v) is 8.42. The molecule has 0 bridgehead atoms. The highest BCUT2D eigenvalue weighted by molar-refractivity contribution is 5.92. The van der Waals surface area contributed by atoms with Crippen molar-refractivity contribution in [1.29, 1.82) is 0 Å². The Kier molecular flexibility index (Phi) is 7.16. The van der Waals surface area contributed by atoms with Crippen LogP contribution in [-0.4, -0.2) is 32.2 Å². The number of carbonyl (C=O) groups excluding carboxylic acids is 2. The Morgan fingerprint density at radius 3 is 2.41 bits per heavy atom. The average molecular weight is 375 g/mol. The van der Waals surface area contributed by atoms with E-state index in [-0.39, 0.29) is 18.3 Å². The molecule has 1 amide bonds. The van der Waals surface area contributed by atoms with Crippen LogP contribution in [-0.2, 0) is 9.53 Å². The van der Waals surface area contributed by atoms with Gasteiger partial charge in [0.15, 0.2) is 18.1 Å². The van der Waals surface area contributed by atoms with E-state index in [9.17, 15) is 14.0 Å². The third kappa shape index (κ3) is 6.29. The van der Waals surface area contributed by atoms with Crippen LogP contribution >= 0.6 is 0 Å². The van der Waals surface area contributed by atoms with Crippen LogP contribution in [0.3, 0.4) is 0 Å². The van der Waals surface area contributed by atoms with Gasteiger partial charge in [0.05, 0.1) is 19.3 Å². The average Bonchev–Trinajstić information content (AvgIpc) is 2.66. The minimum atomic E-state index is -0.456. The van der Waals surface area contributed by atoms with Crippen molar-refractivity contribution in [3.63, 3.8) is 0 Å². The molecule has 0 saturated carbocycles. The van der Waals surface area contributed by atoms with Crippen molar-refractivity contribution in [1.82, 2.24) is 0 Å². The molecular weight excluding hydrogens is 353 g/mol. The summed E-state index contributed by atoms with van der Waals surface area (Å²) in [6, 6.07) is 9.97. The number of methoxy groups -OCH3 is 1. The highest BCUT2D eigenvalue weighted by Crippen LogP contribution is 2.28. The minimum absolute atomic E-state index is 0.234. The van der Waals surface area contributed by atoms with Gasteiger partial charge in [0, 0.05) is 5.69 Å². The number of nitrogens with one attached hydrogen (secondary N) is 1. The largest absolute Gasteiger partial charge is 0.493 e. The van der Waals surface area contributed by atoms with Crippen molar-refractivity contribution in [2.75, 3.05) is 25.6 Å². The normalized spacial score (nSPS) is 10.4. The molecule has 0 spiro atoms. The van der Waals surface area contributed by atoms with Crippen LogP contribution in [0.4, 0.5) is 10.1 Å². The smallest absolute Gasteiger partial charge is 0.338 e. The number of ether oxygens (including phenoxy) is 3. The number of amides is 1. The van der Waals surface area contributed by atoms with Gasteiger partial charge in [-0.15, -0.1) is 0 Å². The highest BCUT2D eigenvalue weighted by Gasteiger charge is 2.14. The maximum Gasteiger partial charge on any atom is 0.338 e. The first-order chi connectivity index (χ1) is 12.9. The standard InChI is InChI=1S/C20H22FNO5/c1-13(2)11-27-20(24)14-4-9-17(18(10-14)25-3)26-12-19(23)22-16-7-5-15(21)6-8-16/h4-10,13H,11-12H2,1-3H3,(H,22,23). The van der Waals surface area contributed by atoms with Gasteiger partial charge in [-0.3, -0.25) is 4.79 Å². The number of benzene rings is 2. The summed E-state index contributed by atoms with van der Waals surface area (Å²) in [5.74, 6) is -0.401. The van der Waals surface area contributed by atoms with Crippen LogP contribution in [0, 0.1) is 11.7 Å². The number of carbonyl (C=O) groups is 2. The molecule has 0 unspecified atom stereocenters. The molecule has 0 radical (unpaired) electrons. The van der Waals surface area contributed by atoms with Crippen molar-refractivity contribution in [2.45, 2.75) is 13.8 Å². The molecule has 2 aromatic rings. The van der Waals surface area contributed by atoms with Gasteiger partial charge in [-0.25, -0.2) is 9.18 Å². The van der Waals surface area contributed by atoms with Gasteiger partial charge in [0.2, 0.25) is 0 Å². The number of anilines is 1. The van der Waals surface area contributed by atoms with E-state index in [0.717, 1.165) is 0 Å². The lowest BCUT2D eigenvalue weighted by molar-refractivity contribution is -0.118. The van der Waals surface area contributed by atoms with Gasteiger partial charge in [-0.2, -0.15) is 0 Å². The van der Waals surface area contributed by atoms with Gasteiger partial charge >= 0.3 is 5.97 Å². The molecule has 6 nitrogen and oxygen atoms in total. The Labute approximate surface area is 157 Å². The number of hydrogen-bond acceptors (Lipinski definition) is 5. The number of rotatable bonds is 8. The molecule has 0 aliphatic carbocycles. The molecule has 0 fully saturated rings. The van der Waals surface area contributed by atoms with E-state index in [1.54, 1.807) is 6.07 Å². The zero-order valence-electron chi connectivity index (χ0n) is 15.5. The summed E-state index contributed by atoms with van der Waals surface area (Å²) in [7, 11) is 1.43. The number of hydrogen-bond donors (Lipinski definition) is 1. The summed E-state index contributed by atoms with van der Waals surface area (Å²) in [5.41, 5.74) is 0.788. The predicted molar refractivity (Wildman–Crippen MR) is 98.6 cm³/mol. The minimum Gasteiger partial charge on any atom is -0.493 e. The van der Waals surface area contributed by atoms with Crippen LogP contribution in [0.5, 0.6) is 11.5 Å². The molecule has 0 heterocycles. The van der Waals surface area contributed by atoms with Crippen LogP contribution in [0.15, 0.2) is 42.5 Å². The third-order valence-corrected chi connectivity index (χ3v) is 3.43. The summed E-state index contributed by atoms with van der Waals surface area (Å²) in [4.78, 5) is 24.0. The third-order valence-electron chi connectivity index (χ3n) is 3.43. The van der Waals surface area contributed by atoms with Crippen LogP contribution in [0.2, 0.25) is 0 Å². The number of esters is 1. The summed E-state index contributed by atoms with van der Waals surface area (Å²) < 4.78 is 28.7. The van der Waals surface area contributed by atoms with Gasteiger partial charge in [0.1, 0.15) is 5.82 Å². The molecule has 0 saturated heterocycles. The quantitative estimate of drug-likeness (QED) is 0.713. The predicted octanol–water partition coefficient (Wildman–Crippen LogP) is 3.66. The molecule has 7 heteroatoms. The maximum absolute atomic E-state index is 12.9. The monoisotopic (exact) mass is 375 g/mol. The molecular formula is C20H22FNO5. The van der Waals surface area contributed by atoms with Crippen LogP contribution in [0.1, 0.15) is 24.2 Å². The van der Waals surface area contributed by atoms with Crippen molar-refractivity contribution < 1.29 is 28.2 Å². The van der Waals surface area contributed by atoms with Crippen molar-refractivity contribution in [2.24, 2.45) is 5.92 Å². The fourth-order valence-electron chi connectivity index (χ4n) is 2.11. The molecule has 1 N–H and O–H groups in total. The van der Waals surface area contributed by atoms with E-state index < -0.39 is 11.9 Å². The molecule has 0 aliphatic rings. The maximum atomic E-state index is 12.9. The number of halogens is 1. The highest BCUT2D eigenvalue weighted by atomic mass is 19.1. The van der Waals surface area contributed by atoms with Crippen molar-refractivity contribution in [3.8, 4) is 11.5 Å². The Morgan fingerprint density at radius 2 is 1.78 bits per heavy atom. The second kappa shape index (κ2) is 9.56. The van der Waals surface area contributed by atoms with Gasteiger partial charge in [-0.05, 0) is 48.4 Å². The summed E-state index contributed by atoms with van der Waals surface area (Å²) >= 11 is 0. The van der Waals surface area contributed by atoms with E-state index >= 15 is 0 Å². The lowest BCUT2D eigenvalue weighted by Crippen LogP contribution is -2.20. The molecule has 144 valence electrons. The van der Waals surface area contributed by atoms with E-state index in [2.05, 4.69) is 5.32 Å². The molecule has 2 aromatic carbocycles. The first-order valence-electron chi connectivity index (χ1n) is 8.42. The molecule has 2 rings (SSSR count). The van der Waals surface area contributed by atoms with E-state index in [1.807, 2.05) is 13.8 Å². The molecule has 0 aromatic heterocycles. The fourth-order valence-corrected chi connectivity index (χ4v) is 2.11. The van der Waals surface area contributed by atoms with Crippen LogP contribution in [0.25, 0.3) is 0 Å². The van der Waals surface area contributed by atoms with E-state index in [0.29, 0.717) is 29.4 Å². The topological polar surface area (TPSA) is 73.9 Å². The zero-order chi connectivity index (χ0) is 19.8. The molecule has 0 atom stereocenters. The van der Waals surface area contributed by atoms with Crippen molar-refractivity contribution >= 4 is 17.6 Å². The lowest BCUT2D eigenvalue weighted by Gasteiger charge is -2.13. The molecule has 0 aliphatic heterocycles. The Hall–Kier alpha value is -3.09. The van der Waals surface area contributed by atoms with E-state index in [1.165, 1.54) is 43.5 Å². The SMILES string of the molecule is COc1cc(C(=O)OCC(C)C)ccc1OCC(=O)Nc1ccc(F)cc1. The van der Waals surface area contributed by atoms with Gasteiger partial charge in [-0.1, -0.05) is 13.8 Å².